The molecule has 1 fully saturated rings. The maximum atomic E-state index is 12.5. The van der Waals surface area contributed by atoms with E-state index in [0.29, 0.717) is 6.54 Å². The van der Waals surface area contributed by atoms with Gasteiger partial charge >= 0.3 is 0 Å². The monoisotopic (exact) mass is 399 g/mol. The molecule has 1 aromatic carbocycles. The van der Waals surface area contributed by atoms with Crippen molar-refractivity contribution in [2.24, 2.45) is 0 Å². The van der Waals surface area contributed by atoms with E-state index in [1.807, 2.05) is 0 Å². The molecule has 1 saturated heterocycles. The Morgan fingerprint density at radius 3 is 2.62 bits per heavy atom. The van der Waals surface area contributed by atoms with Gasteiger partial charge in [-0.2, -0.15) is 4.31 Å². The fraction of sp³-hybridized carbons (Fsp3) is 0.455. The number of nitro groups is 1. The van der Waals surface area contributed by atoms with Crippen molar-refractivity contribution in [3.8, 4) is 0 Å². The molecule has 21 heavy (non-hydrogen) atoms. The highest BCUT2D eigenvalue weighted by Crippen LogP contribution is 2.29. The number of rotatable bonds is 4. The van der Waals surface area contributed by atoms with Crippen molar-refractivity contribution in [1.82, 2.24) is 9.62 Å². The second kappa shape index (κ2) is 7.01. The number of nitrogens with zero attached hydrogens (tertiary/aromatic N) is 2. The highest BCUT2D eigenvalue weighted by molar-refractivity contribution is 9.10. The molecule has 1 heterocycles. The quantitative estimate of drug-likeness (QED) is 0.614. The summed E-state index contributed by atoms with van der Waals surface area (Å²) in [5, 5.41) is 13.8. The number of hydrogen-bond donors (Lipinski definition) is 1. The first-order valence-corrected chi connectivity index (χ1v) is 8.20. The van der Waals surface area contributed by atoms with Crippen LogP contribution in [0.3, 0.4) is 0 Å². The summed E-state index contributed by atoms with van der Waals surface area (Å²) in [6.07, 6.45) is 0.754. The van der Waals surface area contributed by atoms with Gasteiger partial charge in [-0.25, -0.2) is 8.42 Å². The summed E-state index contributed by atoms with van der Waals surface area (Å²) in [7, 11) is -2.12. The van der Waals surface area contributed by atoms with Gasteiger partial charge in [-0.05, 0) is 41.0 Å². The predicted octanol–water partition coefficient (Wildman–Crippen LogP) is 1.76. The molecule has 1 aliphatic rings. The maximum absolute atomic E-state index is 12.5. The van der Waals surface area contributed by atoms with Gasteiger partial charge in [0.1, 0.15) is 0 Å². The van der Waals surface area contributed by atoms with Crippen LogP contribution in [-0.2, 0) is 10.0 Å². The second-order valence-electron chi connectivity index (χ2n) is 4.54. The Hall–Kier alpha value is -0.740. The molecule has 0 amide bonds. The Morgan fingerprint density at radius 1 is 1.48 bits per heavy atom. The van der Waals surface area contributed by atoms with E-state index in [1.54, 1.807) is 0 Å². The number of nitrogens with one attached hydrogen (secondary N) is 1. The fourth-order valence-electron chi connectivity index (χ4n) is 2.11. The van der Waals surface area contributed by atoms with Crippen LogP contribution in [0.25, 0.3) is 0 Å². The summed E-state index contributed by atoms with van der Waals surface area (Å²) < 4.78 is 26.4. The van der Waals surface area contributed by atoms with Crippen molar-refractivity contribution in [1.29, 1.82) is 0 Å². The highest BCUT2D eigenvalue weighted by Gasteiger charge is 2.30. The van der Waals surface area contributed by atoms with Gasteiger partial charge in [-0.15, -0.1) is 12.4 Å². The van der Waals surface area contributed by atoms with Crippen molar-refractivity contribution < 1.29 is 13.3 Å². The van der Waals surface area contributed by atoms with Crippen LogP contribution in [0.1, 0.15) is 6.42 Å². The maximum Gasteiger partial charge on any atom is 0.283 e. The normalized spacial score (nSPS) is 18.5. The summed E-state index contributed by atoms with van der Waals surface area (Å²) in [5.74, 6) is 0. The van der Waals surface area contributed by atoms with Crippen LogP contribution in [0.4, 0.5) is 5.69 Å². The molecule has 0 spiro atoms. The zero-order valence-electron chi connectivity index (χ0n) is 11.2. The smallest absolute Gasteiger partial charge is 0.283 e. The van der Waals surface area contributed by atoms with E-state index in [1.165, 1.54) is 29.6 Å². The van der Waals surface area contributed by atoms with Gasteiger partial charge in [0.15, 0.2) is 0 Å². The molecule has 1 unspecified atom stereocenters. The van der Waals surface area contributed by atoms with Crippen LogP contribution >= 0.6 is 28.3 Å². The molecule has 0 aliphatic carbocycles. The minimum atomic E-state index is -3.65. The van der Waals surface area contributed by atoms with Crippen LogP contribution in [-0.4, -0.2) is 43.8 Å². The van der Waals surface area contributed by atoms with E-state index < -0.39 is 14.9 Å². The Kier molecular flexibility index (Phi) is 6.11. The number of halogens is 2. The standard InChI is InChI=1S/C11H14BrN3O4S.ClH/c1-14(8-4-5-13-7-8)20(18,19)9-2-3-11(15(16)17)10(12)6-9;/h2-3,6,8,13H,4-5,7H2,1H3;1H. The van der Waals surface area contributed by atoms with Crippen LogP contribution in [0.5, 0.6) is 0 Å². The first kappa shape index (κ1) is 18.3. The molecule has 0 saturated carbocycles. The topological polar surface area (TPSA) is 92.6 Å². The molecule has 1 N–H and O–H groups in total. The first-order valence-electron chi connectivity index (χ1n) is 5.96. The summed E-state index contributed by atoms with van der Waals surface area (Å²) in [6.45, 7) is 1.40. The molecule has 1 atom stereocenters. The molecule has 10 heteroatoms. The second-order valence-corrected chi connectivity index (χ2v) is 7.39. The molecule has 0 aromatic heterocycles. The summed E-state index contributed by atoms with van der Waals surface area (Å²) in [6, 6.07) is 3.63. The van der Waals surface area contributed by atoms with Crippen molar-refractivity contribution >= 4 is 44.0 Å². The number of nitro benzene ring substituents is 1. The highest BCUT2D eigenvalue weighted by atomic mass is 79.9. The van der Waals surface area contributed by atoms with E-state index in [4.69, 9.17) is 0 Å². The molecule has 1 aliphatic heterocycles. The molecule has 1 aromatic rings. The van der Waals surface area contributed by atoms with Crippen molar-refractivity contribution in [2.75, 3.05) is 20.1 Å². The number of hydrogen-bond acceptors (Lipinski definition) is 5. The largest absolute Gasteiger partial charge is 0.315 e. The third kappa shape index (κ3) is 3.72. The molecule has 7 nitrogen and oxygen atoms in total. The van der Waals surface area contributed by atoms with E-state index >= 15 is 0 Å². The first-order chi connectivity index (χ1) is 9.34. The molecular formula is C11H15BrClN3O4S. The van der Waals surface area contributed by atoms with E-state index in [2.05, 4.69) is 21.2 Å². The number of likely N-dealkylation sites (N-methyl/N-ethyl adjacent to an activating group) is 1. The van der Waals surface area contributed by atoms with Gasteiger partial charge in [-0.3, -0.25) is 10.1 Å². The minimum absolute atomic E-state index is 0. The summed E-state index contributed by atoms with van der Waals surface area (Å²) in [4.78, 5) is 10.2. The predicted molar refractivity (Wildman–Crippen MR) is 84.3 cm³/mol. The average molecular weight is 401 g/mol. The van der Waals surface area contributed by atoms with Gasteiger partial charge in [0.05, 0.1) is 14.3 Å². The van der Waals surface area contributed by atoms with E-state index in [9.17, 15) is 18.5 Å². The molecule has 118 valence electrons. The Bertz CT molecular complexity index is 634. The number of sulfonamides is 1. The molecule has 0 bridgehead atoms. The summed E-state index contributed by atoms with van der Waals surface area (Å²) in [5.41, 5.74) is -0.158. The van der Waals surface area contributed by atoms with Crippen LogP contribution in [0, 0.1) is 10.1 Å². The van der Waals surface area contributed by atoms with Crippen LogP contribution in [0.2, 0.25) is 0 Å². The Labute approximate surface area is 137 Å². The van der Waals surface area contributed by atoms with Crippen molar-refractivity contribution in [3.05, 3.63) is 32.8 Å². The lowest BCUT2D eigenvalue weighted by molar-refractivity contribution is -0.385. The average Bonchev–Trinajstić information content (AvgIpc) is 2.90. The lowest BCUT2D eigenvalue weighted by atomic mass is 10.3. The number of benzene rings is 1. The van der Waals surface area contributed by atoms with Crippen molar-refractivity contribution in [2.45, 2.75) is 17.4 Å². The van der Waals surface area contributed by atoms with Gasteiger partial charge in [0.25, 0.3) is 5.69 Å². The van der Waals surface area contributed by atoms with Gasteiger partial charge in [-0.1, -0.05) is 0 Å². The fourth-order valence-corrected chi connectivity index (χ4v) is 4.20. The van der Waals surface area contributed by atoms with Crippen LogP contribution < -0.4 is 5.32 Å². The summed E-state index contributed by atoms with van der Waals surface area (Å²) >= 11 is 3.04. The molecule has 0 radical (unpaired) electrons. The van der Waals surface area contributed by atoms with Crippen LogP contribution in [0.15, 0.2) is 27.6 Å². The third-order valence-corrected chi connectivity index (χ3v) is 5.88. The SMILES string of the molecule is CN(C1CCNC1)S(=O)(=O)c1ccc([N+](=O)[O-])c(Br)c1.Cl. The van der Waals surface area contributed by atoms with Crippen molar-refractivity contribution in [3.63, 3.8) is 0 Å². The molecular weight excluding hydrogens is 386 g/mol. The lowest BCUT2D eigenvalue weighted by Crippen LogP contribution is -2.38. The van der Waals surface area contributed by atoms with Gasteiger partial charge in [0.2, 0.25) is 10.0 Å². The minimum Gasteiger partial charge on any atom is -0.315 e. The third-order valence-electron chi connectivity index (χ3n) is 3.34. The van der Waals surface area contributed by atoms with E-state index in [-0.39, 0.29) is 33.5 Å². The Morgan fingerprint density at radius 2 is 2.14 bits per heavy atom. The van der Waals surface area contributed by atoms with Gasteiger partial charge < -0.3 is 5.32 Å². The lowest BCUT2D eigenvalue weighted by Gasteiger charge is -2.23. The van der Waals surface area contributed by atoms with Gasteiger partial charge in [0, 0.05) is 25.7 Å². The zero-order chi connectivity index (χ0) is 14.9. The molecule has 2 rings (SSSR count). The zero-order valence-corrected chi connectivity index (χ0v) is 14.4. The Balaban J connectivity index is 0.00000220. The van der Waals surface area contributed by atoms with E-state index in [0.717, 1.165) is 13.0 Å².